The van der Waals surface area contributed by atoms with Crippen molar-refractivity contribution in [1.82, 2.24) is 20.4 Å². The van der Waals surface area contributed by atoms with Gasteiger partial charge >= 0.3 is 6.18 Å². The lowest BCUT2D eigenvalue weighted by molar-refractivity contribution is -0.142. The monoisotopic (exact) mass is 359 g/mol. The maximum atomic E-state index is 12.9. The minimum absolute atomic E-state index is 0.0469. The molecule has 2 aromatic rings. The molecule has 2 N–H and O–H groups in total. The molecule has 0 saturated carbocycles. The molecule has 0 atom stereocenters. The zero-order valence-corrected chi connectivity index (χ0v) is 13.9. The Morgan fingerprint density at radius 2 is 1.83 bits per heavy atom. The maximum absolute atomic E-state index is 12.9. The number of aliphatic imine (C=N–C) groups is 1. The summed E-state index contributed by atoms with van der Waals surface area (Å²) in [5, 5.41) is 9.92. The number of hydrogen-bond donors (Lipinski definition) is 2. The summed E-state index contributed by atoms with van der Waals surface area (Å²) >= 11 is 6.06. The highest BCUT2D eigenvalue weighted by molar-refractivity contribution is 6.31. The molecule has 0 radical (unpaired) electrons. The minimum atomic E-state index is -4.49. The Morgan fingerprint density at radius 1 is 1.21 bits per heavy atom. The average Bonchev–Trinajstić information content (AvgIpc) is 2.90. The molecule has 5 nitrogen and oxygen atoms in total. The molecule has 0 bridgehead atoms. The summed E-state index contributed by atoms with van der Waals surface area (Å²) in [6, 6.07) is 7.29. The number of nitrogens with one attached hydrogen (secondary N) is 2. The van der Waals surface area contributed by atoms with E-state index < -0.39 is 11.9 Å². The fourth-order valence-corrected chi connectivity index (χ4v) is 2.33. The van der Waals surface area contributed by atoms with Gasteiger partial charge in [-0.15, -0.1) is 0 Å². The summed E-state index contributed by atoms with van der Waals surface area (Å²) < 4.78 is 39.9. The Kier molecular flexibility index (Phi) is 5.71. The van der Waals surface area contributed by atoms with Gasteiger partial charge in [-0.3, -0.25) is 9.67 Å². The number of rotatable bonds is 4. The van der Waals surface area contributed by atoms with Crippen LogP contribution in [0.5, 0.6) is 0 Å². The van der Waals surface area contributed by atoms with Crippen LogP contribution in [0.1, 0.15) is 16.8 Å². The van der Waals surface area contributed by atoms with E-state index in [2.05, 4.69) is 20.7 Å². The summed E-state index contributed by atoms with van der Waals surface area (Å²) in [5.74, 6) is 0.367. The van der Waals surface area contributed by atoms with Crippen molar-refractivity contribution < 1.29 is 13.2 Å². The predicted octanol–water partition coefficient (Wildman–Crippen LogP) is 2.96. The van der Waals surface area contributed by atoms with E-state index in [0.29, 0.717) is 17.5 Å². The molecule has 0 aliphatic heterocycles. The van der Waals surface area contributed by atoms with E-state index in [-0.39, 0.29) is 12.1 Å². The number of guanidine groups is 1. The first-order valence-electron chi connectivity index (χ1n) is 7.09. The van der Waals surface area contributed by atoms with Crippen molar-refractivity contribution >= 4 is 17.6 Å². The average molecular weight is 360 g/mol. The van der Waals surface area contributed by atoms with Crippen LogP contribution in [0.25, 0.3) is 0 Å². The Hall–Kier alpha value is -2.22. The predicted molar refractivity (Wildman–Crippen MR) is 86.7 cm³/mol. The maximum Gasteiger partial charge on any atom is 0.435 e. The van der Waals surface area contributed by atoms with Crippen molar-refractivity contribution in [2.75, 3.05) is 7.05 Å². The lowest BCUT2D eigenvalue weighted by Crippen LogP contribution is -2.36. The molecule has 0 fully saturated rings. The van der Waals surface area contributed by atoms with Gasteiger partial charge in [0.05, 0.1) is 0 Å². The van der Waals surface area contributed by atoms with E-state index in [0.717, 1.165) is 10.2 Å². The zero-order valence-electron chi connectivity index (χ0n) is 13.2. The molecule has 0 spiro atoms. The minimum Gasteiger partial charge on any atom is -0.352 e. The van der Waals surface area contributed by atoms with Gasteiger partial charge in [-0.05, 0) is 11.6 Å². The van der Waals surface area contributed by atoms with Gasteiger partial charge in [0.25, 0.3) is 0 Å². The number of halogens is 4. The van der Waals surface area contributed by atoms with Crippen LogP contribution in [-0.2, 0) is 26.3 Å². The Bertz CT molecular complexity index is 724. The molecular formula is C15H17ClF3N5. The van der Waals surface area contributed by atoms with E-state index in [1.165, 1.54) is 20.3 Å². The van der Waals surface area contributed by atoms with Gasteiger partial charge in [0.1, 0.15) is 0 Å². The molecule has 0 aliphatic rings. The van der Waals surface area contributed by atoms with Crippen LogP contribution < -0.4 is 10.6 Å². The summed E-state index contributed by atoms with van der Waals surface area (Å²) in [5.41, 5.74) is 0.00391. The molecular weight excluding hydrogens is 343 g/mol. The van der Waals surface area contributed by atoms with E-state index in [9.17, 15) is 13.2 Å². The topological polar surface area (TPSA) is 54.2 Å². The molecule has 0 amide bonds. The van der Waals surface area contributed by atoms with Crippen LogP contribution in [-0.4, -0.2) is 22.8 Å². The Morgan fingerprint density at radius 3 is 2.42 bits per heavy atom. The van der Waals surface area contributed by atoms with Gasteiger partial charge < -0.3 is 10.6 Å². The van der Waals surface area contributed by atoms with Crippen LogP contribution in [0.3, 0.4) is 0 Å². The fraction of sp³-hybridized carbons (Fsp3) is 0.333. The highest BCUT2D eigenvalue weighted by Gasteiger charge is 2.36. The summed E-state index contributed by atoms with van der Waals surface area (Å²) in [7, 11) is 2.99. The summed E-state index contributed by atoms with van der Waals surface area (Å²) in [6.07, 6.45) is -3.16. The number of benzene rings is 1. The van der Waals surface area contributed by atoms with Crippen molar-refractivity contribution in [2.45, 2.75) is 19.3 Å². The third kappa shape index (κ3) is 4.64. The second-order valence-corrected chi connectivity index (χ2v) is 5.45. The fourth-order valence-electron chi connectivity index (χ4n) is 2.13. The number of alkyl halides is 3. The van der Waals surface area contributed by atoms with E-state index >= 15 is 0 Å². The van der Waals surface area contributed by atoms with E-state index in [4.69, 9.17) is 11.6 Å². The summed E-state index contributed by atoms with van der Waals surface area (Å²) in [6.45, 7) is 0.351. The second-order valence-electron chi connectivity index (χ2n) is 5.05. The van der Waals surface area contributed by atoms with Crippen molar-refractivity contribution in [3.63, 3.8) is 0 Å². The van der Waals surface area contributed by atoms with Crippen molar-refractivity contribution in [3.05, 3.63) is 52.3 Å². The molecule has 24 heavy (non-hydrogen) atoms. The molecule has 1 aromatic carbocycles. The van der Waals surface area contributed by atoms with E-state index in [1.807, 2.05) is 18.2 Å². The van der Waals surface area contributed by atoms with Crippen LogP contribution in [0, 0.1) is 0 Å². The quantitative estimate of drug-likeness (QED) is 0.652. The number of aryl methyl sites for hydroxylation is 1. The molecule has 0 unspecified atom stereocenters. The SMILES string of the molecule is CN=C(NCc1ccccc1Cl)NCc1cn(C)nc1C(F)(F)F. The first kappa shape index (κ1) is 18.1. The molecule has 130 valence electrons. The third-order valence-corrected chi connectivity index (χ3v) is 3.62. The molecule has 2 rings (SSSR count). The van der Waals surface area contributed by atoms with Gasteiger partial charge in [-0.1, -0.05) is 29.8 Å². The van der Waals surface area contributed by atoms with Gasteiger partial charge in [0, 0.05) is 44.0 Å². The summed E-state index contributed by atoms with van der Waals surface area (Å²) in [4.78, 5) is 3.99. The van der Waals surface area contributed by atoms with Crippen LogP contribution in [0.4, 0.5) is 13.2 Å². The molecule has 9 heteroatoms. The van der Waals surface area contributed by atoms with Crippen LogP contribution >= 0.6 is 11.6 Å². The van der Waals surface area contributed by atoms with Gasteiger partial charge in [0.2, 0.25) is 0 Å². The van der Waals surface area contributed by atoms with Gasteiger partial charge in [0.15, 0.2) is 11.7 Å². The number of hydrogen-bond acceptors (Lipinski definition) is 2. The normalized spacial score (nSPS) is 12.3. The van der Waals surface area contributed by atoms with E-state index in [1.54, 1.807) is 6.07 Å². The highest BCUT2D eigenvalue weighted by atomic mass is 35.5. The molecule has 0 saturated heterocycles. The van der Waals surface area contributed by atoms with Crippen LogP contribution in [0.2, 0.25) is 5.02 Å². The van der Waals surface area contributed by atoms with Crippen molar-refractivity contribution in [2.24, 2.45) is 12.0 Å². The first-order valence-corrected chi connectivity index (χ1v) is 7.46. The van der Waals surface area contributed by atoms with Crippen molar-refractivity contribution in [3.8, 4) is 0 Å². The third-order valence-electron chi connectivity index (χ3n) is 3.25. The molecule has 0 aliphatic carbocycles. The second kappa shape index (κ2) is 7.57. The van der Waals surface area contributed by atoms with Gasteiger partial charge in [-0.25, -0.2) is 0 Å². The zero-order chi connectivity index (χ0) is 17.7. The van der Waals surface area contributed by atoms with Crippen LogP contribution in [0.15, 0.2) is 35.5 Å². The van der Waals surface area contributed by atoms with Gasteiger partial charge in [-0.2, -0.15) is 18.3 Å². The Labute approximate surface area is 142 Å². The highest BCUT2D eigenvalue weighted by Crippen LogP contribution is 2.30. The van der Waals surface area contributed by atoms with Crippen molar-refractivity contribution in [1.29, 1.82) is 0 Å². The standard InChI is InChI=1S/C15H17ClF3N5/c1-20-14(21-7-10-5-3-4-6-12(10)16)22-8-11-9-24(2)23-13(11)15(17,18)19/h3-6,9H,7-8H2,1-2H3,(H2,20,21,22). The number of aromatic nitrogens is 2. The number of nitrogens with zero attached hydrogens (tertiary/aromatic N) is 3. The largest absolute Gasteiger partial charge is 0.435 e. The smallest absolute Gasteiger partial charge is 0.352 e. The lowest BCUT2D eigenvalue weighted by Gasteiger charge is -2.13. The molecule has 1 aromatic heterocycles. The first-order chi connectivity index (χ1) is 11.3. The molecule has 1 heterocycles. The lowest BCUT2D eigenvalue weighted by atomic mass is 10.2. The Balaban J connectivity index is 1.99.